The predicted molar refractivity (Wildman–Crippen MR) is 94.4 cm³/mol. The zero-order valence-corrected chi connectivity index (χ0v) is 15.2. The van der Waals surface area contributed by atoms with Crippen molar-refractivity contribution >= 4 is 29.0 Å². The van der Waals surface area contributed by atoms with Crippen LogP contribution in [0.15, 0.2) is 23.7 Å². The fraction of sp³-hybridized carbons (Fsp3) is 0.562. The number of rotatable bonds is 4. The van der Waals surface area contributed by atoms with Crippen LogP contribution >= 0.6 is 23.1 Å². The third-order valence-electron chi connectivity index (χ3n) is 4.46. The maximum absolute atomic E-state index is 12.9. The molecule has 2 saturated heterocycles. The molecule has 4 heterocycles. The molecule has 24 heavy (non-hydrogen) atoms. The Hall–Kier alpha value is -1.38. The van der Waals surface area contributed by atoms with Crippen molar-refractivity contribution in [3.05, 3.63) is 34.3 Å². The number of aromatic nitrogens is 3. The van der Waals surface area contributed by atoms with Crippen LogP contribution in [0.2, 0.25) is 0 Å². The van der Waals surface area contributed by atoms with Crippen molar-refractivity contribution in [2.24, 2.45) is 5.41 Å². The van der Waals surface area contributed by atoms with Crippen molar-refractivity contribution < 1.29 is 9.53 Å². The van der Waals surface area contributed by atoms with E-state index in [-0.39, 0.29) is 17.4 Å². The summed E-state index contributed by atoms with van der Waals surface area (Å²) in [6.45, 7) is 5.12. The predicted octanol–water partition coefficient (Wildman–Crippen LogP) is 2.31. The minimum absolute atomic E-state index is 0.0186. The lowest BCUT2D eigenvalue weighted by Gasteiger charge is -2.37. The zero-order chi connectivity index (χ0) is 16.6. The molecule has 2 aliphatic rings. The van der Waals surface area contributed by atoms with Crippen LogP contribution in [-0.2, 0) is 11.3 Å². The van der Waals surface area contributed by atoms with Gasteiger partial charge in [-0.05, 0) is 11.4 Å². The van der Waals surface area contributed by atoms with E-state index in [9.17, 15) is 4.79 Å². The average Bonchev–Trinajstić information content (AvgIpc) is 3.24. The van der Waals surface area contributed by atoms with E-state index in [2.05, 4.69) is 28.7 Å². The Morgan fingerprint density at radius 2 is 2.38 bits per heavy atom. The second-order valence-electron chi connectivity index (χ2n) is 6.71. The van der Waals surface area contributed by atoms with Crippen LogP contribution in [0.4, 0.5) is 0 Å². The fourth-order valence-electron chi connectivity index (χ4n) is 3.12. The van der Waals surface area contributed by atoms with Gasteiger partial charge in [-0.1, -0.05) is 18.2 Å². The lowest BCUT2D eigenvalue weighted by atomic mass is 9.89. The van der Waals surface area contributed by atoms with Gasteiger partial charge in [-0.3, -0.25) is 9.48 Å². The molecule has 0 saturated carbocycles. The lowest BCUT2D eigenvalue weighted by molar-refractivity contribution is -0.111. The largest absolute Gasteiger partial charge is 0.380 e. The normalized spacial score (nSPS) is 23.0. The third kappa shape index (κ3) is 3.10. The van der Waals surface area contributed by atoms with Gasteiger partial charge in [-0.25, -0.2) is 0 Å². The Kier molecular flexibility index (Phi) is 4.36. The van der Waals surface area contributed by atoms with Gasteiger partial charge in [0.25, 0.3) is 5.91 Å². The highest BCUT2D eigenvalue weighted by Crippen LogP contribution is 2.33. The molecule has 6 nitrogen and oxygen atoms in total. The molecular formula is C16H20N4O2S2. The molecule has 0 bridgehead atoms. The summed E-state index contributed by atoms with van der Waals surface area (Å²) in [5.41, 5.74) is 0.544. The van der Waals surface area contributed by atoms with Crippen molar-refractivity contribution in [3.8, 4) is 0 Å². The molecule has 0 N–H and O–H groups in total. The summed E-state index contributed by atoms with van der Waals surface area (Å²) in [6.07, 6.45) is 1.78. The topological polar surface area (TPSA) is 60.2 Å². The second kappa shape index (κ2) is 6.50. The fourth-order valence-corrected chi connectivity index (χ4v) is 5.14. The van der Waals surface area contributed by atoms with Gasteiger partial charge in [0.2, 0.25) is 0 Å². The van der Waals surface area contributed by atoms with Crippen LogP contribution in [0.1, 0.15) is 28.3 Å². The van der Waals surface area contributed by atoms with Gasteiger partial charge < -0.3 is 9.64 Å². The highest BCUT2D eigenvalue weighted by molar-refractivity contribution is 7.99. The summed E-state index contributed by atoms with van der Waals surface area (Å²) in [6, 6.07) is 4.29. The molecule has 1 unspecified atom stereocenters. The van der Waals surface area contributed by atoms with Gasteiger partial charge in [0.1, 0.15) is 0 Å². The Balaban J connectivity index is 1.50. The van der Waals surface area contributed by atoms with E-state index >= 15 is 0 Å². The number of carbonyl (C=O) groups excluding carboxylic acids is 1. The molecule has 8 heteroatoms. The SMILES string of the molecule is CC1(Cn2cc(C(=O)N3CCSCC3c3cccs3)nn2)COC1. The van der Waals surface area contributed by atoms with Crippen molar-refractivity contribution in [2.75, 3.05) is 31.3 Å². The first-order valence-corrected chi connectivity index (χ1v) is 10.1. The monoisotopic (exact) mass is 364 g/mol. The van der Waals surface area contributed by atoms with E-state index in [1.165, 1.54) is 4.88 Å². The molecule has 0 aliphatic carbocycles. The highest BCUT2D eigenvalue weighted by Gasteiger charge is 2.35. The molecule has 2 aliphatic heterocycles. The molecule has 0 radical (unpaired) electrons. The summed E-state index contributed by atoms with van der Waals surface area (Å²) in [5, 5.41) is 10.3. The Morgan fingerprint density at radius 1 is 1.50 bits per heavy atom. The molecule has 1 atom stereocenters. The first-order valence-electron chi connectivity index (χ1n) is 8.05. The standard InChI is InChI=1S/C16H20N4O2S2/c1-16(10-22-11-16)9-19-7-12(17-18-19)15(21)20-4-6-23-8-13(20)14-3-2-5-24-14/h2-3,5,7,13H,4,6,8-11H2,1H3. The molecule has 0 aromatic carbocycles. The minimum Gasteiger partial charge on any atom is -0.380 e. The molecule has 2 aromatic heterocycles. The van der Waals surface area contributed by atoms with Crippen molar-refractivity contribution in [3.63, 3.8) is 0 Å². The minimum atomic E-state index is -0.0186. The lowest BCUT2D eigenvalue weighted by Crippen LogP contribution is -2.43. The number of thiophene rings is 1. The molecule has 4 rings (SSSR count). The molecule has 2 fully saturated rings. The maximum atomic E-state index is 12.9. The van der Waals surface area contributed by atoms with E-state index in [0.29, 0.717) is 5.69 Å². The van der Waals surface area contributed by atoms with Crippen molar-refractivity contribution in [2.45, 2.75) is 19.5 Å². The first-order chi connectivity index (χ1) is 11.6. The van der Waals surface area contributed by atoms with Gasteiger partial charge in [-0.2, -0.15) is 11.8 Å². The molecule has 2 aromatic rings. The zero-order valence-electron chi connectivity index (χ0n) is 13.6. The van der Waals surface area contributed by atoms with Gasteiger partial charge in [-0.15, -0.1) is 16.4 Å². The number of amides is 1. The van der Waals surface area contributed by atoms with Gasteiger partial charge >= 0.3 is 0 Å². The summed E-state index contributed by atoms with van der Waals surface area (Å²) in [4.78, 5) is 16.1. The Labute approximate surface area is 149 Å². The highest BCUT2D eigenvalue weighted by atomic mass is 32.2. The number of hydrogen-bond donors (Lipinski definition) is 0. The first kappa shape index (κ1) is 16.1. The summed E-state index contributed by atoms with van der Waals surface area (Å²) >= 11 is 3.61. The van der Waals surface area contributed by atoms with Crippen LogP contribution in [0.25, 0.3) is 0 Å². The Bertz CT molecular complexity index is 711. The maximum Gasteiger partial charge on any atom is 0.276 e. The van der Waals surface area contributed by atoms with Crippen molar-refractivity contribution in [1.82, 2.24) is 19.9 Å². The van der Waals surface area contributed by atoms with Crippen LogP contribution in [0.3, 0.4) is 0 Å². The third-order valence-corrected chi connectivity index (χ3v) is 6.46. The average molecular weight is 364 g/mol. The van der Waals surface area contributed by atoms with Crippen LogP contribution < -0.4 is 0 Å². The van der Waals surface area contributed by atoms with Crippen molar-refractivity contribution in [1.29, 1.82) is 0 Å². The van der Waals surface area contributed by atoms with Crippen LogP contribution in [-0.4, -0.2) is 57.1 Å². The summed E-state index contributed by atoms with van der Waals surface area (Å²) < 4.78 is 7.05. The van der Waals surface area contributed by atoms with Crippen LogP contribution in [0, 0.1) is 5.41 Å². The van der Waals surface area contributed by atoms with E-state index < -0.39 is 0 Å². The summed E-state index contributed by atoms with van der Waals surface area (Å²) in [5.74, 6) is 1.89. The molecule has 128 valence electrons. The van der Waals surface area contributed by atoms with E-state index in [0.717, 1.165) is 37.8 Å². The van der Waals surface area contributed by atoms with E-state index in [1.54, 1.807) is 22.2 Å². The summed E-state index contributed by atoms with van der Waals surface area (Å²) in [7, 11) is 0. The molecular weight excluding hydrogens is 344 g/mol. The van der Waals surface area contributed by atoms with E-state index in [4.69, 9.17) is 4.74 Å². The smallest absolute Gasteiger partial charge is 0.276 e. The van der Waals surface area contributed by atoms with Gasteiger partial charge in [0, 0.05) is 28.3 Å². The number of thioether (sulfide) groups is 1. The van der Waals surface area contributed by atoms with Gasteiger partial charge in [0.05, 0.1) is 32.0 Å². The second-order valence-corrected chi connectivity index (χ2v) is 8.84. The van der Waals surface area contributed by atoms with E-state index in [1.807, 2.05) is 22.7 Å². The quantitative estimate of drug-likeness (QED) is 0.833. The number of carbonyl (C=O) groups is 1. The Morgan fingerprint density at radius 3 is 3.08 bits per heavy atom. The number of hydrogen-bond acceptors (Lipinski definition) is 6. The molecule has 0 spiro atoms. The number of nitrogens with zero attached hydrogens (tertiary/aromatic N) is 4. The number of ether oxygens (including phenoxy) is 1. The van der Waals surface area contributed by atoms with Gasteiger partial charge in [0.15, 0.2) is 5.69 Å². The molecule has 1 amide bonds. The van der Waals surface area contributed by atoms with Crippen LogP contribution in [0.5, 0.6) is 0 Å².